The Bertz CT molecular complexity index is 1290. The van der Waals surface area contributed by atoms with Gasteiger partial charge in [0.25, 0.3) is 0 Å². The van der Waals surface area contributed by atoms with Crippen LogP contribution in [-0.4, -0.2) is 77.1 Å². The molecule has 4 fully saturated rings. The summed E-state index contributed by atoms with van der Waals surface area (Å²) in [6.07, 6.45) is -4.36. The van der Waals surface area contributed by atoms with E-state index in [4.69, 9.17) is 0 Å². The monoisotopic (exact) mass is 607 g/mol. The van der Waals surface area contributed by atoms with Crippen LogP contribution in [0.3, 0.4) is 0 Å². The summed E-state index contributed by atoms with van der Waals surface area (Å²) in [5.41, 5.74) is 0.139. The standard InChI is InChI=1S/C30H40F3N5O5/c1-14-7-17-10-29(9-14,11-20(39)15(17)2)23(37-27(43)30(31,32)33)26(42)38-13-19-21(28(19,3)4)22(38)25(41)36-18(12-34)8-16-5-6-35-24(16)40/h14,16,18-23,39H,5-11,13H2,1-4H3,(H,35,40)(H,36,41)(H,37,43). The zero-order valence-corrected chi connectivity index (χ0v) is 24.9. The van der Waals surface area contributed by atoms with Gasteiger partial charge in [-0.05, 0) is 74.2 Å². The number of nitrogens with zero attached hydrogens (tertiary/aromatic N) is 2. The number of amides is 4. The predicted molar refractivity (Wildman–Crippen MR) is 146 cm³/mol. The normalized spacial score (nSPS) is 35.8. The van der Waals surface area contributed by atoms with Crippen molar-refractivity contribution in [2.45, 2.75) is 96.6 Å². The molecule has 13 heteroatoms. The Hall–Kier alpha value is -3.14. The Balaban J connectivity index is 1.45. The van der Waals surface area contributed by atoms with Crippen LogP contribution in [0, 0.1) is 45.8 Å². The Morgan fingerprint density at radius 3 is 2.53 bits per heavy atom. The molecule has 10 nitrogen and oxygen atoms in total. The fourth-order valence-electron chi connectivity index (χ4n) is 8.55. The minimum absolute atomic E-state index is 0.00141. The molecule has 0 aromatic rings. The maximum Gasteiger partial charge on any atom is 0.471 e. The number of nitrogens with one attached hydrogen (secondary N) is 3. The Morgan fingerprint density at radius 2 is 1.93 bits per heavy atom. The van der Waals surface area contributed by atoms with Crippen LogP contribution in [0.1, 0.15) is 66.2 Å². The van der Waals surface area contributed by atoms with E-state index in [9.17, 15) is 42.7 Å². The van der Waals surface area contributed by atoms with Gasteiger partial charge in [-0.2, -0.15) is 18.4 Å². The van der Waals surface area contributed by atoms with E-state index in [-0.39, 0.29) is 54.9 Å². The van der Waals surface area contributed by atoms with Crippen molar-refractivity contribution in [3.63, 3.8) is 0 Å². The third-order valence-corrected chi connectivity index (χ3v) is 10.9. The first kappa shape index (κ1) is 31.3. The molecular formula is C30H40F3N5O5. The first-order valence-corrected chi connectivity index (χ1v) is 15.0. The van der Waals surface area contributed by atoms with Crippen molar-refractivity contribution in [3.05, 3.63) is 11.1 Å². The third-order valence-electron chi connectivity index (χ3n) is 10.9. The number of halogens is 3. The number of hydrogen-bond acceptors (Lipinski definition) is 6. The largest absolute Gasteiger partial charge is 0.471 e. The van der Waals surface area contributed by atoms with E-state index in [0.29, 0.717) is 25.8 Å². The highest BCUT2D eigenvalue weighted by molar-refractivity contribution is 5.95. The minimum atomic E-state index is -5.24. The number of allylic oxidation sites excluding steroid dienone is 1. The van der Waals surface area contributed by atoms with E-state index >= 15 is 0 Å². The van der Waals surface area contributed by atoms with E-state index in [0.717, 1.165) is 11.1 Å². The number of rotatable bonds is 7. The maximum absolute atomic E-state index is 14.4. The first-order chi connectivity index (χ1) is 20.0. The second-order valence-electron chi connectivity index (χ2n) is 14.1. The van der Waals surface area contributed by atoms with Crippen molar-refractivity contribution < 1.29 is 37.5 Å². The van der Waals surface area contributed by atoms with E-state index in [1.807, 2.05) is 32.2 Å². The highest BCUT2D eigenvalue weighted by atomic mass is 19.4. The zero-order valence-electron chi connectivity index (χ0n) is 24.9. The molecule has 3 aliphatic carbocycles. The number of carbonyl (C=O) groups excluding carboxylic acids is 4. The van der Waals surface area contributed by atoms with Crippen molar-refractivity contribution in [1.29, 1.82) is 5.26 Å². The van der Waals surface area contributed by atoms with Gasteiger partial charge in [0.05, 0.1) is 12.2 Å². The lowest BCUT2D eigenvalue weighted by molar-refractivity contribution is -0.177. The fourth-order valence-corrected chi connectivity index (χ4v) is 8.55. The smallest absolute Gasteiger partial charge is 0.389 e. The third kappa shape index (κ3) is 5.51. The highest BCUT2D eigenvalue weighted by Crippen LogP contribution is 2.65. The molecule has 0 aromatic heterocycles. The van der Waals surface area contributed by atoms with Crippen molar-refractivity contribution in [1.82, 2.24) is 20.9 Å². The second kappa shape index (κ2) is 10.8. The fraction of sp³-hybridized carbons (Fsp3) is 0.767. The summed E-state index contributed by atoms with van der Waals surface area (Å²) in [5, 5.41) is 28.1. The topological polar surface area (TPSA) is 152 Å². The number of aliphatic hydroxyl groups is 1. The quantitative estimate of drug-likeness (QED) is 0.325. The summed E-state index contributed by atoms with van der Waals surface area (Å²) < 4.78 is 40.8. The molecule has 43 heavy (non-hydrogen) atoms. The molecule has 236 valence electrons. The van der Waals surface area contributed by atoms with Crippen LogP contribution in [0.25, 0.3) is 0 Å². The summed E-state index contributed by atoms with van der Waals surface area (Å²) in [4.78, 5) is 53.9. The average Bonchev–Trinajstić information content (AvgIpc) is 3.26. The number of piperidine rings is 1. The highest BCUT2D eigenvalue weighted by Gasteiger charge is 2.70. The Labute approximate surface area is 248 Å². The molecular weight excluding hydrogens is 567 g/mol. The van der Waals surface area contributed by atoms with E-state index in [1.165, 1.54) is 4.90 Å². The first-order valence-electron chi connectivity index (χ1n) is 15.0. The lowest BCUT2D eigenvalue weighted by Gasteiger charge is -2.51. The molecule has 5 rings (SSSR count). The molecule has 5 aliphatic rings. The Kier molecular flexibility index (Phi) is 7.85. The van der Waals surface area contributed by atoms with Crippen LogP contribution in [0.2, 0.25) is 0 Å². The molecule has 4 amide bonds. The van der Waals surface area contributed by atoms with Gasteiger partial charge in [0.2, 0.25) is 17.7 Å². The molecule has 2 saturated carbocycles. The van der Waals surface area contributed by atoms with E-state index < -0.39 is 59.5 Å². The lowest BCUT2D eigenvalue weighted by Crippen LogP contribution is -2.64. The molecule has 4 N–H and O–H groups in total. The van der Waals surface area contributed by atoms with Gasteiger partial charge < -0.3 is 26.0 Å². The molecule has 9 atom stereocenters. The number of hydrogen-bond donors (Lipinski definition) is 4. The van der Waals surface area contributed by atoms with Crippen LogP contribution < -0.4 is 16.0 Å². The van der Waals surface area contributed by atoms with Crippen LogP contribution >= 0.6 is 0 Å². The summed E-state index contributed by atoms with van der Waals surface area (Å²) in [6.45, 7) is 8.22. The minimum Gasteiger partial charge on any atom is -0.389 e. The van der Waals surface area contributed by atoms with Crippen LogP contribution in [0.5, 0.6) is 0 Å². The Morgan fingerprint density at radius 1 is 1.23 bits per heavy atom. The van der Waals surface area contributed by atoms with Gasteiger partial charge in [0.15, 0.2) is 0 Å². The molecule has 0 aromatic carbocycles. The number of carbonyl (C=O) groups is 4. The van der Waals surface area contributed by atoms with Gasteiger partial charge in [-0.3, -0.25) is 19.2 Å². The van der Waals surface area contributed by atoms with Crippen LogP contribution in [-0.2, 0) is 19.2 Å². The van der Waals surface area contributed by atoms with Crippen molar-refractivity contribution >= 4 is 23.6 Å². The number of fused-ring (bicyclic) bond motifs is 3. The van der Waals surface area contributed by atoms with Gasteiger partial charge >= 0.3 is 12.1 Å². The summed E-state index contributed by atoms with van der Waals surface area (Å²) in [7, 11) is 0. The van der Waals surface area contributed by atoms with Gasteiger partial charge in [-0.1, -0.05) is 26.3 Å². The predicted octanol–water partition coefficient (Wildman–Crippen LogP) is 1.94. The maximum atomic E-state index is 14.4. The van der Waals surface area contributed by atoms with Crippen molar-refractivity contribution in [2.75, 3.05) is 13.1 Å². The van der Waals surface area contributed by atoms with E-state index in [1.54, 1.807) is 6.92 Å². The summed E-state index contributed by atoms with van der Waals surface area (Å²) in [5.74, 6) is -4.65. The number of likely N-dealkylation sites (tertiary alicyclic amines) is 1. The molecule has 2 heterocycles. The van der Waals surface area contributed by atoms with Gasteiger partial charge in [0, 0.05) is 24.4 Å². The number of aliphatic hydroxyl groups excluding tert-OH is 1. The molecule has 2 saturated heterocycles. The number of alkyl halides is 3. The van der Waals surface area contributed by atoms with Gasteiger partial charge in [-0.25, -0.2) is 0 Å². The van der Waals surface area contributed by atoms with Crippen molar-refractivity contribution in [3.8, 4) is 6.07 Å². The van der Waals surface area contributed by atoms with Gasteiger partial charge in [-0.15, -0.1) is 0 Å². The molecule has 9 unspecified atom stereocenters. The van der Waals surface area contributed by atoms with Crippen LogP contribution in [0.15, 0.2) is 11.1 Å². The molecule has 2 bridgehead atoms. The summed E-state index contributed by atoms with van der Waals surface area (Å²) >= 11 is 0. The summed E-state index contributed by atoms with van der Waals surface area (Å²) in [6, 6.07) is -1.65. The SMILES string of the molecule is CC1=C2CC(C)CC(C(NC(=O)C(F)(F)F)C(=O)N3CC4C(C3C(=O)NC(C#N)CC3CCNC3=O)C4(C)C)(C2)CC1O. The lowest BCUT2D eigenvalue weighted by atomic mass is 9.57. The molecule has 0 spiro atoms. The van der Waals surface area contributed by atoms with E-state index in [2.05, 4.69) is 10.6 Å². The van der Waals surface area contributed by atoms with Crippen molar-refractivity contribution in [2.24, 2.45) is 34.5 Å². The number of nitriles is 1. The van der Waals surface area contributed by atoms with Gasteiger partial charge in [0.1, 0.15) is 18.1 Å². The average molecular weight is 608 g/mol. The molecule has 0 radical (unpaired) electrons. The second-order valence-corrected chi connectivity index (χ2v) is 14.1. The zero-order chi connectivity index (χ0) is 31.6. The molecule has 2 aliphatic heterocycles. The van der Waals surface area contributed by atoms with Crippen LogP contribution in [0.4, 0.5) is 13.2 Å².